The Morgan fingerprint density at radius 2 is 1.71 bits per heavy atom. The molecule has 3 aliphatic rings. The molecule has 4 nitrogen and oxygen atoms in total. The van der Waals surface area contributed by atoms with Crippen LogP contribution in [0, 0.1) is 11.6 Å². The maximum Gasteiger partial charge on any atom is 0.148 e. The molecule has 28 heavy (non-hydrogen) atoms. The minimum Gasteiger partial charge on any atom is -0.378 e. The highest BCUT2D eigenvalue weighted by molar-refractivity contribution is 5.64. The molecule has 0 N–H and O–H groups in total. The summed E-state index contributed by atoms with van der Waals surface area (Å²) in [5, 5.41) is 0. The molecule has 6 heteroatoms. The van der Waals surface area contributed by atoms with Crippen LogP contribution >= 0.6 is 0 Å². The van der Waals surface area contributed by atoms with Crippen molar-refractivity contribution in [2.75, 3.05) is 61.1 Å². The van der Waals surface area contributed by atoms with E-state index in [9.17, 15) is 8.78 Å². The number of nitrogens with zero attached hydrogens (tertiary/aromatic N) is 3. The van der Waals surface area contributed by atoms with Crippen LogP contribution < -0.4 is 14.7 Å². The lowest BCUT2D eigenvalue weighted by atomic mass is 9.88. The van der Waals surface area contributed by atoms with Gasteiger partial charge in [-0.15, -0.1) is 0 Å². The maximum absolute atomic E-state index is 14.8. The van der Waals surface area contributed by atoms with E-state index in [1.54, 1.807) is 12.1 Å². The van der Waals surface area contributed by atoms with E-state index >= 15 is 0 Å². The Bertz CT molecular complexity index is 884. The molecule has 2 aromatic carbocycles. The van der Waals surface area contributed by atoms with E-state index < -0.39 is 0 Å². The second kappa shape index (κ2) is 6.92. The number of hydrogen-bond donors (Lipinski definition) is 0. The fraction of sp³-hybridized carbons (Fsp3) is 0.455. The molecule has 5 rings (SSSR count). The van der Waals surface area contributed by atoms with Gasteiger partial charge >= 0.3 is 0 Å². The topological polar surface area (TPSA) is 19.0 Å². The van der Waals surface area contributed by atoms with Gasteiger partial charge in [0.25, 0.3) is 0 Å². The molecule has 0 radical (unpaired) electrons. The molecule has 0 saturated carbocycles. The van der Waals surface area contributed by atoms with Crippen molar-refractivity contribution in [3.05, 3.63) is 53.6 Å². The first-order valence-corrected chi connectivity index (χ1v) is 10.0. The Kier molecular flexibility index (Phi) is 4.38. The lowest BCUT2D eigenvalue weighted by Gasteiger charge is -2.39. The molecule has 2 aromatic rings. The number of hydrogen-bond acceptors (Lipinski definition) is 4. The van der Waals surface area contributed by atoms with Gasteiger partial charge in [0.1, 0.15) is 11.6 Å². The van der Waals surface area contributed by atoms with Gasteiger partial charge in [-0.25, -0.2) is 8.78 Å². The fourth-order valence-corrected chi connectivity index (χ4v) is 5.00. The van der Waals surface area contributed by atoms with Gasteiger partial charge in [0, 0.05) is 50.5 Å². The molecule has 2 fully saturated rings. The SMILES string of the molecule is CN1c2ccc(F)cc2C2CCN(c3ccc(N4CCOCC4)c(F)c3)CC21. The summed E-state index contributed by atoms with van der Waals surface area (Å²) < 4.78 is 33.9. The van der Waals surface area contributed by atoms with Crippen molar-refractivity contribution in [1.29, 1.82) is 0 Å². The van der Waals surface area contributed by atoms with Crippen molar-refractivity contribution in [2.45, 2.75) is 18.4 Å². The van der Waals surface area contributed by atoms with Crippen LogP contribution in [0.3, 0.4) is 0 Å². The first-order chi connectivity index (χ1) is 13.6. The highest BCUT2D eigenvalue weighted by Gasteiger charge is 2.40. The second-order valence-electron chi connectivity index (χ2n) is 7.96. The number of rotatable bonds is 2. The van der Waals surface area contributed by atoms with Gasteiger partial charge < -0.3 is 19.4 Å². The summed E-state index contributed by atoms with van der Waals surface area (Å²) in [7, 11) is 2.08. The van der Waals surface area contributed by atoms with Gasteiger partial charge in [0.2, 0.25) is 0 Å². The van der Waals surface area contributed by atoms with Crippen molar-refractivity contribution < 1.29 is 13.5 Å². The van der Waals surface area contributed by atoms with E-state index in [2.05, 4.69) is 16.8 Å². The van der Waals surface area contributed by atoms with Gasteiger partial charge in [-0.05, 0) is 48.4 Å². The van der Waals surface area contributed by atoms with Gasteiger partial charge in [0.05, 0.1) is 24.9 Å². The Labute approximate surface area is 164 Å². The van der Waals surface area contributed by atoms with Crippen LogP contribution in [-0.4, -0.2) is 52.5 Å². The molecular weight excluding hydrogens is 360 g/mol. The largest absolute Gasteiger partial charge is 0.378 e. The number of likely N-dealkylation sites (N-methyl/N-ethyl adjacent to an activating group) is 1. The van der Waals surface area contributed by atoms with Crippen LogP contribution in [0.15, 0.2) is 36.4 Å². The number of fused-ring (bicyclic) bond motifs is 3. The highest BCUT2D eigenvalue weighted by Crippen LogP contribution is 2.45. The average molecular weight is 385 g/mol. The minimum absolute atomic E-state index is 0.170. The summed E-state index contributed by atoms with van der Waals surface area (Å²) in [6, 6.07) is 11.0. The van der Waals surface area contributed by atoms with Crippen LogP contribution in [-0.2, 0) is 4.74 Å². The number of piperidine rings is 1. The zero-order valence-corrected chi connectivity index (χ0v) is 16.1. The molecular formula is C22H25F2N3O. The lowest BCUT2D eigenvalue weighted by molar-refractivity contribution is 0.122. The normalized spacial score (nSPS) is 24.3. The monoisotopic (exact) mass is 385 g/mol. The van der Waals surface area contributed by atoms with Crippen LogP contribution in [0.25, 0.3) is 0 Å². The molecule has 2 unspecified atom stereocenters. The Hall–Kier alpha value is -2.34. The van der Waals surface area contributed by atoms with Crippen molar-refractivity contribution in [3.8, 4) is 0 Å². The number of anilines is 3. The van der Waals surface area contributed by atoms with Crippen LogP contribution in [0.4, 0.5) is 25.8 Å². The van der Waals surface area contributed by atoms with Gasteiger partial charge in [-0.1, -0.05) is 0 Å². The lowest BCUT2D eigenvalue weighted by Crippen LogP contribution is -2.47. The number of benzene rings is 2. The van der Waals surface area contributed by atoms with E-state index in [1.165, 1.54) is 6.07 Å². The molecule has 3 heterocycles. The summed E-state index contributed by atoms with van der Waals surface area (Å²) in [5.41, 5.74) is 3.80. The van der Waals surface area contributed by atoms with Crippen molar-refractivity contribution >= 4 is 17.1 Å². The third kappa shape index (κ3) is 2.91. The molecule has 2 saturated heterocycles. The van der Waals surface area contributed by atoms with E-state index in [-0.39, 0.29) is 17.7 Å². The zero-order chi connectivity index (χ0) is 19.3. The standard InChI is InChI=1S/C22H25F2N3O/c1-25-20-4-2-15(23)12-18(20)17-6-7-27(14-22(17)25)16-3-5-21(19(24)13-16)26-8-10-28-11-9-26/h2-5,12-13,17,22H,6-11,14H2,1H3. The van der Waals surface area contributed by atoms with Gasteiger partial charge in [-0.3, -0.25) is 0 Å². The zero-order valence-electron chi connectivity index (χ0n) is 16.1. The first-order valence-electron chi connectivity index (χ1n) is 10.0. The Morgan fingerprint density at radius 3 is 2.50 bits per heavy atom. The van der Waals surface area contributed by atoms with Crippen LogP contribution in [0.2, 0.25) is 0 Å². The minimum atomic E-state index is -0.174. The third-order valence-electron chi connectivity index (χ3n) is 6.50. The van der Waals surface area contributed by atoms with Gasteiger partial charge in [0.15, 0.2) is 0 Å². The summed E-state index contributed by atoms with van der Waals surface area (Å²) in [6.07, 6.45) is 0.943. The number of ether oxygens (including phenoxy) is 1. The maximum atomic E-state index is 14.8. The van der Waals surface area contributed by atoms with Crippen molar-refractivity contribution in [2.24, 2.45) is 0 Å². The van der Waals surface area contributed by atoms with E-state index in [0.29, 0.717) is 24.8 Å². The Balaban J connectivity index is 1.36. The van der Waals surface area contributed by atoms with E-state index in [4.69, 9.17) is 4.74 Å². The highest BCUT2D eigenvalue weighted by atomic mass is 19.1. The van der Waals surface area contributed by atoms with Gasteiger partial charge in [-0.2, -0.15) is 0 Å². The number of halogens is 2. The smallest absolute Gasteiger partial charge is 0.148 e. The Morgan fingerprint density at radius 1 is 0.929 bits per heavy atom. The number of morpholine rings is 1. The first kappa shape index (κ1) is 17.7. The summed E-state index contributed by atoms with van der Waals surface area (Å²) in [5.74, 6) is -0.00733. The van der Waals surface area contributed by atoms with Crippen LogP contribution in [0.5, 0.6) is 0 Å². The second-order valence-corrected chi connectivity index (χ2v) is 7.96. The van der Waals surface area contributed by atoms with Crippen molar-refractivity contribution in [3.63, 3.8) is 0 Å². The van der Waals surface area contributed by atoms with Crippen molar-refractivity contribution in [1.82, 2.24) is 0 Å². The average Bonchev–Trinajstić information content (AvgIpc) is 2.99. The molecule has 0 aliphatic carbocycles. The fourth-order valence-electron chi connectivity index (χ4n) is 5.00. The summed E-state index contributed by atoms with van der Waals surface area (Å²) in [4.78, 5) is 6.56. The molecule has 3 aliphatic heterocycles. The molecule has 0 bridgehead atoms. The molecule has 0 aromatic heterocycles. The van der Waals surface area contributed by atoms with E-state index in [0.717, 1.165) is 49.5 Å². The van der Waals surface area contributed by atoms with E-state index in [1.807, 2.05) is 23.1 Å². The molecule has 2 atom stereocenters. The molecule has 148 valence electrons. The molecule has 0 amide bonds. The quantitative estimate of drug-likeness (QED) is 0.786. The third-order valence-corrected chi connectivity index (χ3v) is 6.50. The molecule has 0 spiro atoms. The summed E-state index contributed by atoms with van der Waals surface area (Å²) >= 11 is 0. The summed E-state index contributed by atoms with van der Waals surface area (Å²) in [6.45, 7) is 4.40. The van der Waals surface area contributed by atoms with Crippen LogP contribution in [0.1, 0.15) is 17.9 Å². The predicted octanol–water partition coefficient (Wildman–Crippen LogP) is 3.61. The predicted molar refractivity (Wildman–Crippen MR) is 108 cm³/mol.